The summed E-state index contributed by atoms with van der Waals surface area (Å²) in [5, 5.41) is 14.5. The van der Waals surface area contributed by atoms with Crippen LogP contribution in [0.4, 0.5) is 5.69 Å². The molecular formula is C32H37N3O6. The summed E-state index contributed by atoms with van der Waals surface area (Å²) in [6.45, 7) is 1.87. The second kappa shape index (κ2) is 14.3. The standard InChI is InChI=1S/C32H37N3O6/c1-23-13-15-25(16-14-23)21-34(31(36)22-41-27-17-18-28(35(38)39)30(20-27)40-2)29(19-24-9-5-3-6-10-24)32(37)33-26-11-7-4-8-12-26/h3,5-6,9-10,13-18,20,26,29H,4,7-8,11-12,19,21-22H2,1-2H3,(H,33,37)/t29-/m0/s1. The van der Waals surface area contributed by atoms with E-state index in [1.165, 1.54) is 31.7 Å². The number of aryl methyl sites for hydroxylation is 1. The SMILES string of the molecule is COc1cc(OCC(=O)N(Cc2ccc(C)cc2)[C@@H](Cc2ccccc2)C(=O)NC2CCCCC2)ccc1[N+](=O)[O-]. The Bertz CT molecular complexity index is 1320. The van der Waals surface area contributed by atoms with Gasteiger partial charge in [-0.3, -0.25) is 19.7 Å². The summed E-state index contributed by atoms with van der Waals surface area (Å²) < 4.78 is 10.9. The van der Waals surface area contributed by atoms with Crippen LogP contribution in [0.25, 0.3) is 0 Å². The monoisotopic (exact) mass is 559 g/mol. The highest BCUT2D eigenvalue weighted by atomic mass is 16.6. The molecule has 1 aliphatic carbocycles. The van der Waals surface area contributed by atoms with Crippen LogP contribution in [0, 0.1) is 17.0 Å². The molecule has 9 heteroatoms. The minimum absolute atomic E-state index is 0.0327. The number of methoxy groups -OCH3 is 1. The number of carbonyl (C=O) groups excluding carboxylic acids is 2. The Balaban J connectivity index is 1.61. The van der Waals surface area contributed by atoms with Crippen molar-refractivity contribution in [2.75, 3.05) is 13.7 Å². The van der Waals surface area contributed by atoms with Gasteiger partial charge in [0.2, 0.25) is 11.7 Å². The number of rotatable bonds is 12. The third-order valence-corrected chi connectivity index (χ3v) is 7.41. The fourth-order valence-corrected chi connectivity index (χ4v) is 5.12. The van der Waals surface area contributed by atoms with Crippen LogP contribution < -0.4 is 14.8 Å². The van der Waals surface area contributed by atoms with Crippen molar-refractivity contribution in [1.29, 1.82) is 0 Å². The summed E-state index contributed by atoms with van der Waals surface area (Å²) in [5.74, 6) is -0.270. The fraction of sp³-hybridized carbons (Fsp3) is 0.375. The van der Waals surface area contributed by atoms with Gasteiger partial charge in [-0.1, -0.05) is 79.4 Å². The predicted octanol–water partition coefficient (Wildman–Crippen LogP) is 5.38. The lowest BCUT2D eigenvalue weighted by Crippen LogP contribution is -2.53. The molecule has 3 aromatic rings. The molecule has 0 aromatic heterocycles. The number of nitrogens with one attached hydrogen (secondary N) is 1. The van der Waals surface area contributed by atoms with Crippen molar-refractivity contribution in [1.82, 2.24) is 10.2 Å². The summed E-state index contributed by atoms with van der Waals surface area (Å²) in [4.78, 5) is 40.0. The number of carbonyl (C=O) groups is 2. The molecule has 1 fully saturated rings. The van der Waals surface area contributed by atoms with Gasteiger partial charge in [-0.2, -0.15) is 0 Å². The van der Waals surface area contributed by atoms with E-state index >= 15 is 0 Å². The largest absolute Gasteiger partial charge is 0.490 e. The normalized spacial score (nSPS) is 14.1. The number of hydrogen-bond donors (Lipinski definition) is 1. The Kier molecular flexibility index (Phi) is 10.3. The third-order valence-electron chi connectivity index (χ3n) is 7.41. The van der Waals surface area contributed by atoms with Crippen LogP contribution in [0.3, 0.4) is 0 Å². The summed E-state index contributed by atoms with van der Waals surface area (Å²) in [7, 11) is 1.33. The lowest BCUT2D eigenvalue weighted by Gasteiger charge is -2.33. The zero-order chi connectivity index (χ0) is 29.2. The highest BCUT2D eigenvalue weighted by Crippen LogP contribution is 2.31. The highest BCUT2D eigenvalue weighted by Gasteiger charge is 2.32. The van der Waals surface area contributed by atoms with Gasteiger partial charge >= 0.3 is 5.69 Å². The van der Waals surface area contributed by atoms with E-state index in [9.17, 15) is 19.7 Å². The molecule has 1 aliphatic rings. The molecular weight excluding hydrogens is 522 g/mol. The van der Waals surface area contributed by atoms with Crippen molar-refractivity contribution in [3.8, 4) is 11.5 Å². The van der Waals surface area contributed by atoms with E-state index < -0.39 is 11.0 Å². The van der Waals surface area contributed by atoms with Crippen LogP contribution in [-0.4, -0.2) is 47.4 Å². The van der Waals surface area contributed by atoms with Gasteiger partial charge in [0, 0.05) is 31.1 Å². The first-order chi connectivity index (χ1) is 19.8. The molecule has 216 valence electrons. The first-order valence-corrected chi connectivity index (χ1v) is 14.0. The van der Waals surface area contributed by atoms with E-state index in [0.29, 0.717) is 6.42 Å². The second-order valence-electron chi connectivity index (χ2n) is 10.4. The smallest absolute Gasteiger partial charge is 0.311 e. The summed E-state index contributed by atoms with van der Waals surface area (Å²) in [6.07, 6.45) is 5.53. The Labute approximate surface area is 240 Å². The number of hydrogen-bond acceptors (Lipinski definition) is 6. The van der Waals surface area contributed by atoms with Gasteiger partial charge in [0.1, 0.15) is 11.8 Å². The van der Waals surface area contributed by atoms with E-state index in [4.69, 9.17) is 9.47 Å². The Morgan fingerprint density at radius 1 is 1.00 bits per heavy atom. The number of nitrogens with zero attached hydrogens (tertiary/aromatic N) is 2. The fourth-order valence-electron chi connectivity index (χ4n) is 5.12. The van der Waals surface area contributed by atoms with E-state index in [-0.39, 0.29) is 48.2 Å². The number of benzene rings is 3. The van der Waals surface area contributed by atoms with Crippen LogP contribution in [-0.2, 0) is 22.6 Å². The Morgan fingerprint density at radius 2 is 1.71 bits per heavy atom. The molecule has 1 N–H and O–H groups in total. The molecule has 1 atom stereocenters. The molecule has 9 nitrogen and oxygen atoms in total. The molecule has 0 bridgehead atoms. The van der Waals surface area contributed by atoms with Crippen molar-refractivity contribution >= 4 is 17.5 Å². The van der Waals surface area contributed by atoms with Crippen molar-refractivity contribution < 1.29 is 24.0 Å². The van der Waals surface area contributed by atoms with Crippen molar-refractivity contribution in [2.45, 2.75) is 64.1 Å². The number of nitro benzene ring substituents is 1. The second-order valence-corrected chi connectivity index (χ2v) is 10.4. The molecule has 2 amide bonds. The molecule has 0 unspecified atom stereocenters. The van der Waals surface area contributed by atoms with Crippen LogP contribution in [0.5, 0.6) is 11.5 Å². The van der Waals surface area contributed by atoms with Gasteiger partial charge in [-0.15, -0.1) is 0 Å². The first kappa shape index (κ1) is 29.6. The quantitative estimate of drug-likeness (QED) is 0.236. The van der Waals surface area contributed by atoms with Gasteiger partial charge in [0.15, 0.2) is 6.61 Å². The average Bonchev–Trinajstić information content (AvgIpc) is 2.99. The van der Waals surface area contributed by atoms with Gasteiger partial charge in [0.25, 0.3) is 5.91 Å². The molecule has 41 heavy (non-hydrogen) atoms. The molecule has 0 spiro atoms. The molecule has 4 rings (SSSR count). The summed E-state index contributed by atoms with van der Waals surface area (Å²) >= 11 is 0. The van der Waals surface area contributed by atoms with E-state index in [1.54, 1.807) is 4.90 Å². The molecule has 0 radical (unpaired) electrons. The molecule has 1 saturated carbocycles. The lowest BCUT2D eigenvalue weighted by molar-refractivity contribution is -0.385. The van der Waals surface area contributed by atoms with Crippen LogP contribution in [0.2, 0.25) is 0 Å². The maximum Gasteiger partial charge on any atom is 0.311 e. The lowest BCUT2D eigenvalue weighted by atomic mass is 9.94. The minimum Gasteiger partial charge on any atom is -0.490 e. The molecule has 0 saturated heterocycles. The maximum absolute atomic E-state index is 13.8. The van der Waals surface area contributed by atoms with Crippen LogP contribution >= 0.6 is 0 Å². The van der Waals surface area contributed by atoms with Crippen LogP contribution in [0.1, 0.15) is 48.8 Å². The highest BCUT2D eigenvalue weighted by molar-refractivity contribution is 5.88. The van der Waals surface area contributed by atoms with Gasteiger partial charge in [-0.05, 0) is 37.0 Å². The summed E-state index contributed by atoms with van der Waals surface area (Å²) in [6, 6.07) is 20.9. The number of ether oxygens (including phenoxy) is 2. The van der Waals surface area contributed by atoms with E-state index in [0.717, 1.165) is 42.4 Å². The average molecular weight is 560 g/mol. The van der Waals surface area contributed by atoms with Crippen molar-refractivity contribution in [3.63, 3.8) is 0 Å². The summed E-state index contributed by atoms with van der Waals surface area (Å²) in [5.41, 5.74) is 2.73. The van der Waals surface area contributed by atoms with Gasteiger partial charge < -0.3 is 19.7 Å². The maximum atomic E-state index is 13.8. The Morgan fingerprint density at radius 3 is 2.37 bits per heavy atom. The van der Waals surface area contributed by atoms with Crippen molar-refractivity contribution in [2.24, 2.45) is 0 Å². The molecule has 3 aromatic carbocycles. The van der Waals surface area contributed by atoms with Gasteiger partial charge in [0.05, 0.1) is 12.0 Å². The third kappa shape index (κ3) is 8.30. The van der Waals surface area contributed by atoms with E-state index in [2.05, 4.69) is 5.32 Å². The zero-order valence-electron chi connectivity index (χ0n) is 23.6. The topological polar surface area (TPSA) is 111 Å². The zero-order valence-corrected chi connectivity index (χ0v) is 23.6. The minimum atomic E-state index is -0.761. The number of nitro groups is 1. The van der Waals surface area contributed by atoms with Crippen molar-refractivity contribution in [3.05, 3.63) is 99.6 Å². The van der Waals surface area contributed by atoms with Crippen LogP contribution in [0.15, 0.2) is 72.8 Å². The first-order valence-electron chi connectivity index (χ1n) is 14.0. The number of amides is 2. The molecule has 0 aliphatic heterocycles. The van der Waals surface area contributed by atoms with E-state index in [1.807, 2.05) is 61.5 Å². The predicted molar refractivity (Wildman–Crippen MR) is 156 cm³/mol. The molecule has 0 heterocycles. The van der Waals surface area contributed by atoms with Gasteiger partial charge in [-0.25, -0.2) is 0 Å². The Hall–Kier alpha value is -4.40.